The van der Waals surface area contributed by atoms with Gasteiger partial charge in [0, 0.05) is 13.1 Å². The van der Waals surface area contributed by atoms with Gasteiger partial charge in [-0.1, -0.05) is 18.6 Å². The summed E-state index contributed by atoms with van der Waals surface area (Å²) in [4.78, 5) is 2.57. The highest BCUT2D eigenvalue weighted by atomic mass is 16.5. The van der Waals surface area contributed by atoms with Crippen LogP contribution in [0.15, 0.2) is 24.3 Å². The molecule has 122 valence electrons. The number of fused-ring (bicyclic) bond motifs is 2. The number of aliphatic hydroxyl groups excluding tert-OH is 1. The lowest BCUT2D eigenvalue weighted by atomic mass is 10.0. The van der Waals surface area contributed by atoms with Crippen LogP contribution in [0, 0.1) is 11.8 Å². The fourth-order valence-electron chi connectivity index (χ4n) is 4.06. The molecule has 0 amide bonds. The lowest BCUT2D eigenvalue weighted by Gasteiger charge is -2.25. The van der Waals surface area contributed by atoms with Gasteiger partial charge in [0.15, 0.2) is 0 Å². The maximum atomic E-state index is 10.4. The second kappa shape index (κ2) is 7.47. The quantitative estimate of drug-likeness (QED) is 0.871. The third kappa shape index (κ3) is 4.02. The monoisotopic (exact) mass is 303 g/mol. The van der Waals surface area contributed by atoms with E-state index in [1.807, 2.05) is 31.2 Å². The summed E-state index contributed by atoms with van der Waals surface area (Å²) >= 11 is 0. The van der Waals surface area contributed by atoms with Crippen molar-refractivity contribution >= 4 is 0 Å². The van der Waals surface area contributed by atoms with Crippen molar-refractivity contribution in [3.63, 3.8) is 0 Å². The Bertz CT molecular complexity index is 459. The molecule has 2 fully saturated rings. The zero-order chi connectivity index (χ0) is 15.4. The first-order valence-corrected chi connectivity index (χ1v) is 8.87. The van der Waals surface area contributed by atoms with Gasteiger partial charge in [0.2, 0.25) is 0 Å². The second-order valence-electron chi connectivity index (χ2n) is 6.94. The summed E-state index contributed by atoms with van der Waals surface area (Å²) in [6.45, 7) is 6.14. The van der Waals surface area contributed by atoms with Gasteiger partial charge in [-0.15, -0.1) is 0 Å². The summed E-state index contributed by atoms with van der Waals surface area (Å²) in [5.74, 6) is 2.77. The normalized spacial score (nSPS) is 26.6. The van der Waals surface area contributed by atoms with Crippen molar-refractivity contribution in [3.05, 3.63) is 29.8 Å². The van der Waals surface area contributed by atoms with Crippen LogP contribution in [0.5, 0.6) is 5.75 Å². The molecule has 1 heterocycles. The van der Waals surface area contributed by atoms with Crippen LogP contribution in [0.2, 0.25) is 0 Å². The molecule has 3 atom stereocenters. The van der Waals surface area contributed by atoms with Gasteiger partial charge in [-0.05, 0) is 68.7 Å². The van der Waals surface area contributed by atoms with Gasteiger partial charge in [0.1, 0.15) is 5.75 Å². The van der Waals surface area contributed by atoms with Crippen molar-refractivity contribution in [2.24, 2.45) is 11.8 Å². The Morgan fingerprint density at radius 1 is 1.18 bits per heavy atom. The molecule has 2 aliphatic rings. The number of aliphatic hydroxyl groups is 1. The number of likely N-dealkylation sites (tertiary alicyclic amines) is 1. The summed E-state index contributed by atoms with van der Waals surface area (Å²) in [7, 11) is 0. The van der Waals surface area contributed by atoms with Gasteiger partial charge in [0.05, 0.1) is 12.7 Å². The maximum absolute atomic E-state index is 10.4. The van der Waals surface area contributed by atoms with Gasteiger partial charge in [-0.2, -0.15) is 0 Å². The third-order valence-electron chi connectivity index (χ3n) is 5.31. The van der Waals surface area contributed by atoms with E-state index >= 15 is 0 Å². The Morgan fingerprint density at radius 2 is 1.95 bits per heavy atom. The smallest absolute Gasteiger partial charge is 0.119 e. The number of hydrogen-bond acceptors (Lipinski definition) is 3. The van der Waals surface area contributed by atoms with Gasteiger partial charge >= 0.3 is 0 Å². The molecule has 1 aliphatic heterocycles. The van der Waals surface area contributed by atoms with E-state index in [0.29, 0.717) is 6.61 Å². The highest BCUT2D eigenvalue weighted by Gasteiger charge is 2.29. The molecule has 1 N–H and O–H groups in total. The molecule has 0 unspecified atom stereocenters. The Morgan fingerprint density at radius 3 is 2.73 bits per heavy atom. The van der Waals surface area contributed by atoms with Gasteiger partial charge in [-0.3, -0.25) is 0 Å². The van der Waals surface area contributed by atoms with Gasteiger partial charge in [-0.25, -0.2) is 0 Å². The molecule has 0 spiro atoms. The SMILES string of the molecule is CCOc1ccc([C@H](O)CCN2CC[C@@H]3CC[C@@H](C3)C2)cc1. The zero-order valence-corrected chi connectivity index (χ0v) is 13.7. The lowest BCUT2D eigenvalue weighted by molar-refractivity contribution is 0.136. The summed E-state index contributed by atoms with van der Waals surface area (Å²) in [5.41, 5.74) is 1.000. The molecule has 0 radical (unpaired) electrons. The standard InChI is InChI=1S/C19H29NO2/c1-2-22-18-7-5-17(6-8-18)19(21)10-12-20-11-9-15-3-4-16(13-15)14-20/h5-8,15-16,19,21H,2-4,9-14H2,1H3/t15-,16-,19+/m0/s1. The predicted molar refractivity (Wildman–Crippen MR) is 89.1 cm³/mol. The van der Waals surface area contributed by atoms with E-state index in [1.165, 1.54) is 38.8 Å². The number of benzene rings is 1. The highest BCUT2D eigenvalue weighted by Crippen LogP contribution is 2.36. The topological polar surface area (TPSA) is 32.7 Å². The van der Waals surface area contributed by atoms with Crippen LogP contribution in [0.1, 0.15) is 50.7 Å². The van der Waals surface area contributed by atoms with Crippen LogP contribution >= 0.6 is 0 Å². The lowest BCUT2D eigenvalue weighted by Crippen LogP contribution is -2.30. The minimum Gasteiger partial charge on any atom is -0.494 e. The van der Waals surface area contributed by atoms with E-state index in [9.17, 15) is 5.11 Å². The molecule has 1 aromatic rings. The first-order chi connectivity index (χ1) is 10.7. The van der Waals surface area contributed by atoms with E-state index in [2.05, 4.69) is 4.90 Å². The molecule has 22 heavy (non-hydrogen) atoms. The van der Waals surface area contributed by atoms with Gasteiger partial charge in [0.25, 0.3) is 0 Å². The average Bonchev–Trinajstić information content (AvgIpc) is 2.87. The van der Waals surface area contributed by atoms with E-state index in [4.69, 9.17) is 4.74 Å². The molecule has 1 aromatic carbocycles. The summed E-state index contributed by atoms with van der Waals surface area (Å²) < 4.78 is 5.45. The molecular weight excluding hydrogens is 274 g/mol. The van der Waals surface area contributed by atoms with Crippen molar-refractivity contribution in [2.45, 2.75) is 45.1 Å². The first-order valence-electron chi connectivity index (χ1n) is 8.87. The minimum absolute atomic E-state index is 0.365. The molecule has 1 aliphatic carbocycles. The molecular formula is C19H29NO2. The summed E-state index contributed by atoms with van der Waals surface area (Å²) in [6, 6.07) is 7.87. The van der Waals surface area contributed by atoms with Crippen LogP contribution in [0.3, 0.4) is 0 Å². The Hall–Kier alpha value is -1.06. The van der Waals surface area contributed by atoms with Crippen molar-refractivity contribution in [3.8, 4) is 5.75 Å². The Balaban J connectivity index is 1.48. The molecule has 3 rings (SSSR count). The number of ether oxygens (including phenoxy) is 1. The van der Waals surface area contributed by atoms with Crippen LogP contribution in [0.4, 0.5) is 0 Å². The number of rotatable bonds is 6. The molecule has 3 nitrogen and oxygen atoms in total. The highest BCUT2D eigenvalue weighted by molar-refractivity contribution is 5.28. The molecule has 1 saturated heterocycles. The number of hydrogen-bond donors (Lipinski definition) is 1. The second-order valence-corrected chi connectivity index (χ2v) is 6.94. The van der Waals surface area contributed by atoms with Crippen LogP contribution in [0.25, 0.3) is 0 Å². The minimum atomic E-state index is -0.365. The van der Waals surface area contributed by atoms with E-state index in [-0.39, 0.29) is 6.10 Å². The largest absolute Gasteiger partial charge is 0.494 e. The third-order valence-corrected chi connectivity index (χ3v) is 5.31. The maximum Gasteiger partial charge on any atom is 0.119 e. The zero-order valence-electron chi connectivity index (χ0n) is 13.7. The molecule has 1 saturated carbocycles. The van der Waals surface area contributed by atoms with Crippen LogP contribution in [-0.4, -0.2) is 36.2 Å². The molecule has 0 aromatic heterocycles. The Labute approximate surface area is 134 Å². The first kappa shape index (κ1) is 15.8. The van der Waals surface area contributed by atoms with Crippen molar-refractivity contribution in [1.82, 2.24) is 4.90 Å². The summed E-state index contributed by atoms with van der Waals surface area (Å²) in [5, 5.41) is 10.4. The van der Waals surface area contributed by atoms with Crippen LogP contribution < -0.4 is 4.74 Å². The summed E-state index contributed by atoms with van der Waals surface area (Å²) in [6.07, 6.45) is 6.13. The van der Waals surface area contributed by atoms with E-state index in [0.717, 1.165) is 36.1 Å². The predicted octanol–water partition coefficient (Wildman–Crippen LogP) is 3.63. The van der Waals surface area contributed by atoms with E-state index < -0.39 is 0 Å². The van der Waals surface area contributed by atoms with E-state index in [1.54, 1.807) is 0 Å². The fourth-order valence-corrected chi connectivity index (χ4v) is 4.06. The molecule has 3 heteroatoms. The van der Waals surface area contributed by atoms with Gasteiger partial charge < -0.3 is 14.7 Å². The fraction of sp³-hybridized carbons (Fsp3) is 0.684. The average molecular weight is 303 g/mol. The van der Waals surface area contributed by atoms with Crippen molar-refractivity contribution < 1.29 is 9.84 Å². The van der Waals surface area contributed by atoms with Crippen molar-refractivity contribution in [1.29, 1.82) is 0 Å². The van der Waals surface area contributed by atoms with Crippen molar-refractivity contribution in [2.75, 3.05) is 26.2 Å². The van der Waals surface area contributed by atoms with Crippen LogP contribution in [-0.2, 0) is 0 Å². The number of nitrogens with zero attached hydrogens (tertiary/aromatic N) is 1. The Kier molecular flexibility index (Phi) is 5.37. The molecule has 2 bridgehead atoms.